The van der Waals surface area contributed by atoms with Crippen molar-refractivity contribution in [3.8, 4) is 0 Å². The molecule has 0 spiro atoms. The van der Waals surface area contributed by atoms with E-state index in [2.05, 4.69) is 14.5 Å². The number of aromatic nitrogens is 3. The molecule has 0 bridgehead atoms. The highest BCUT2D eigenvalue weighted by molar-refractivity contribution is 6.10. The number of nitrogen functional groups attached to an aromatic ring is 3. The normalized spacial score (nSPS) is 11.4. The van der Waals surface area contributed by atoms with Crippen LogP contribution in [0.3, 0.4) is 0 Å². The first-order valence-corrected chi connectivity index (χ1v) is 7.85. The summed E-state index contributed by atoms with van der Waals surface area (Å²) in [5.74, 6) is 0.530. The van der Waals surface area contributed by atoms with Gasteiger partial charge in [-0.15, -0.1) is 0 Å². The average molecular weight is 334 g/mol. The van der Waals surface area contributed by atoms with Crippen molar-refractivity contribution in [3.63, 3.8) is 0 Å². The molecule has 2 aromatic carbocycles. The lowest BCUT2D eigenvalue weighted by atomic mass is 10.1. The van der Waals surface area contributed by atoms with Crippen molar-refractivity contribution in [2.45, 2.75) is 13.2 Å². The molecule has 7 heteroatoms. The van der Waals surface area contributed by atoms with Crippen molar-refractivity contribution in [3.05, 3.63) is 53.7 Å². The van der Waals surface area contributed by atoms with Gasteiger partial charge in [-0.3, -0.25) is 0 Å². The predicted molar refractivity (Wildman–Crippen MR) is 99.7 cm³/mol. The molecule has 0 aliphatic rings. The molecule has 0 amide bonds. The number of fused-ring (bicyclic) bond motifs is 3. The predicted octanol–water partition coefficient (Wildman–Crippen LogP) is 1.87. The van der Waals surface area contributed by atoms with E-state index >= 15 is 0 Å². The number of anilines is 3. The molecule has 0 unspecified atom stereocenters. The summed E-state index contributed by atoms with van der Waals surface area (Å²) in [6, 6.07) is 11.4. The van der Waals surface area contributed by atoms with Gasteiger partial charge in [0.2, 0.25) is 5.95 Å². The molecule has 126 valence electrons. The summed E-state index contributed by atoms with van der Waals surface area (Å²) in [6.45, 7) is 0.559. The molecule has 4 aromatic rings. The van der Waals surface area contributed by atoms with Crippen LogP contribution in [0.25, 0.3) is 21.8 Å². The van der Waals surface area contributed by atoms with Gasteiger partial charge in [0.15, 0.2) is 0 Å². The lowest BCUT2D eigenvalue weighted by Crippen LogP contribution is -2.04. The van der Waals surface area contributed by atoms with Gasteiger partial charge in [-0.25, -0.2) is 4.98 Å². The Morgan fingerprint density at radius 1 is 0.960 bits per heavy atom. The Morgan fingerprint density at radius 2 is 1.80 bits per heavy atom. The summed E-state index contributed by atoms with van der Waals surface area (Å²) >= 11 is 0. The second kappa shape index (κ2) is 5.64. The monoisotopic (exact) mass is 334 g/mol. The van der Waals surface area contributed by atoms with Crippen molar-refractivity contribution in [1.82, 2.24) is 14.5 Å². The molecule has 0 fully saturated rings. The Balaban J connectivity index is 1.87. The molecule has 4 rings (SSSR count). The Labute approximate surface area is 143 Å². The third-order valence-corrected chi connectivity index (χ3v) is 4.40. The molecule has 0 saturated heterocycles. The van der Waals surface area contributed by atoms with Crippen LogP contribution in [0, 0.1) is 0 Å². The van der Waals surface area contributed by atoms with E-state index in [1.54, 1.807) is 6.07 Å². The van der Waals surface area contributed by atoms with Gasteiger partial charge in [-0.05, 0) is 41.5 Å². The van der Waals surface area contributed by atoms with Crippen molar-refractivity contribution in [2.24, 2.45) is 0 Å². The zero-order chi connectivity index (χ0) is 17.6. The van der Waals surface area contributed by atoms with Crippen LogP contribution in [-0.4, -0.2) is 19.6 Å². The highest BCUT2D eigenvalue weighted by Crippen LogP contribution is 2.30. The lowest BCUT2D eigenvalue weighted by Gasteiger charge is -2.11. The minimum atomic E-state index is -0.0300. The van der Waals surface area contributed by atoms with Crippen LogP contribution in [0.1, 0.15) is 11.1 Å². The van der Waals surface area contributed by atoms with E-state index in [1.807, 2.05) is 36.5 Å². The molecule has 2 heterocycles. The summed E-state index contributed by atoms with van der Waals surface area (Å²) < 4.78 is 2.08. The number of aliphatic hydroxyl groups is 1. The zero-order valence-corrected chi connectivity index (χ0v) is 13.5. The number of nitrogens with two attached hydrogens (primary N) is 3. The summed E-state index contributed by atoms with van der Waals surface area (Å²) in [4.78, 5) is 8.32. The minimum Gasteiger partial charge on any atom is -0.399 e. The largest absolute Gasteiger partial charge is 0.399 e. The van der Waals surface area contributed by atoms with Crippen LogP contribution in [0.4, 0.5) is 17.5 Å². The van der Waals surface area contributed by atoms with Crippen LogP contribution in [0.5, 0.6) is 0 Å². The van der Waals surface area contributed by atoms with E-state index in [4.69, 9.17) is 17.2 Å². The molecule has 0 aliphatic heterocycles. The van der Waals surface area contributed by atoms with E-state index in [0.717, 1.165) is 32.9 Å². The van der Waals surface area contributed by atoms with E-state index in [-0.39, 0.29) is 12.6 Å². The Bertz CT molecular complexity index is 1100. The van der Waals surface area contributed by atoms with Gasteiger partial charge >= 0.3 is 0 Å². The topological polar surface area (TPSA) is 129 Å². The molecule has 0 saturated carbocycles. The fraction of sp³-hybridized carbons (Fsp3) is 0.111. The maximum absolute atomic E-state index is 9.56. The lowest BCUT2D eigenvalue weighted by molar-refractivity contribution is 0.280. The van der Waals surface area contributed by atoms with Crippen molar-refractivity contribution >= 4 is 39.3 Å². The third-order valence-electron chi connectivity index (χ3n) is 4.40. The van der Waals surface area contributed by atoms with Gasteiger partial charge in [-0.1, -0.05) is 6.07 Å². The first kappa shape index (κ1) is 15.2. The Kier molecular flexibility index (Phi) is 3.43. The van der Waals surface area contributed by atoms with Gasteiger partial charge in [-0.2, -0.15) is 4.98 Å². The van der Waals surface area contributed by atoms with Crippen LogP contribution in [0.15, 0.2) is 42.6 Å². The SMILES string of the molecule is Nc1ccc(CO)c(Cn2ccc3c4c(N)nc(N)nc4ccc32)c1. The molecule has 0 radical (unpaired) electrons. The van der Waals surface area contributed by atoms with Crippen LogP contribution in [-0.2, 0) is 13.2 Å². The Hall–Kier alpha value is -3.32. The maximum Gasteiger partial charge on any atom is 0.222 e. The van der Waals surface area contributed by atoms with Gasteiger partial charge in [0, 0.05) is 29.3 Å². The second-order valence-electron chi connectivity index (χ2n) is 5.99. The van der Waals surface area contributed by atoms with Gasteiger partial charge in [0.1, 0.15) is 5.82 Å². The van der Waals surface area contributed by atoms with Gasteiger partial charge in [0.05, 0.1) is 17.5 Å². The van der Waals surface area contributed by atoms with E-state index in [9.17, 15) is 5.11 Å². The molecule has 2 aromatic heterocycles. The van der Waals surface area contributed by atoms with E-state index in [1.165, 1.54) is 0 Å². The zero-order valence-electron chi connectivity index (χ0n) is 13.5. The van der Waals surface area contributed by atoms with E-state index < -0.39 is 0 Å². The van der Waals surface area contributed by atoms with Gasteiger partial charge < -0.3 is 26.9 Å². The van der Waals surface area contributed by atoms with Crippen molar-refractivity contribution in [2.75, 3.05) is 17.2 Å². The van der Waals surface area contributed by atoms with Crippen molar-refractivity contribution < 1.29 is 5.11 Å². The average Bonchev–Trinajstić information content (AvgIpc) is 2.97. The number of nitrogens with zero attached hydrogens (tertiary/aromatic N) is 3. The molecule has 25 heavy (non-hydrogen) atoms. The maximum atomic E-state index is 9.56. The number of aliphatic hydroxyl groups excluding tert-OH is 1. The summed E-state index contributed by atoms with van der Waals surface area (Å²) in [5, 5.41) is 11.3. The second-order valence-corrected chi connectivity index (χ2v) is 5.99. The first-order chi connectivity index (χ1) is 12.1. The molecule has 7 N–H and O–H groups in total. The summed E-state index contributed by atoms with van der Waals surface area (Å²) in [6.07, 6.45) is 1.98. The first-order valence-electron chi connectivity index (χ1n) is 7.85. The quantitative estimate of drug-likeness (QED) is 0.423. The van der Waals surface area contributed by atoms with Crippen LogP contribution in [0.2, 0.25) is 0 Å². The van der Waals surface area contributed by atoms with E-state index in [0.29, 0.717) is 18.1 Å². The molecular weight excluding hydrogens is 316 g/mol. The van der Waals surface area contributed by atoms with Crippen LogP contribution < -0.4 is 17.2 Å². The van der Waals surface area contributed by atoms with Crippen molar-refractivity contribution in [1.29, 1.82) is 0 Å². The highest BCUT2D eigenvalue weighted by Gasteiger charge is 2.12. The number of benzene rings is 2. The number of rotatable bonds is 3. The van der Waals surface area contributed by atoms with Crippen LogP contribution >= 0.6 is 0 Å². The standard InChI is InChI=1S/C18H18N6O/c19-12-2-1-10(9-25)11(7-12)8-24-6-5-13-15(24)4-3-14-16(13)17(20)23-18(21)22-14/h1-7,25H,8-9,19H2,(H4,20,21,22,23). The number of hydrogen-bond donors (Lipinski definition) is 4. The smallest absolute Gasteiger partial charge is 0.222 e. The molecule has 7 nitrogen and oxygen atoms in total. The Morgan fingerprint density at radius 3 is 2.60 bits per heavy atom. The third kappa shape index (κ3) is 2.50. The highest BCUT2D eigenvalue weighted by atomic mass is 16.3. The molecular formula is C18H18N6O. The number of hydrogen-bond acceptors (Lipinski definition) is 6. The fourth-order valence-corrected chi connectivity index (χ4v) is 3.22. The minimum absolute atomic E-state index is 0.0300. The van der Waals surface area contributed by atoms with Gasteiger partial charge in [0.25, 0.3) is 0 Å². The molecule has 0 atom stereocenters. The molecule has 0 aliphatic carbocycles. The fourth-order valence-electron chi connectivity index (χ4n) is 3.22. The summed E-state index contributed by atoms with van der Waals surface area (Å²) in [7, 11) is 0. The summed E-state index contributed by atoms with van der Waals surface area (Å²) in [5.41, 5.74) is 21.8.